The van der Waals surface area contributed by atoms with Gasteiger partial charge >= 0.3 is 0 Å². The van der Waals surface area contributed by atoms with Gasteiger partial charge in [0, 0.05) is 0 Å². The Bertz CT molecular complexity index is 355. The fraction of sp³-hybridized carbons (Fsp3) is 1.00. The van der Waals surface area contributed by atoms with E-state index in [1.807, 2.05) is 0 Å². The first kappa shape index (κ1) is 32.9. The minimum atomic E-state index is 0.246. The van der Waals surface area contributed by atoms with Crippen molar-refractivity contribution in [1.29, 1.82) is 0 Å². The predicted molar refractivity (Wildman–Crippen MR) is 147 cm³/mol. The van der Waals surface area contributed by atoms with Crippen LogP contribution in [0.15, 0.2) is 0 Å². The Morgan fingerprint density at radius 1 is 0.333 bits per heavy atom. The second kappa shape index (κ2) is 26.5. The van der Waals surface area contributed by atoms with E-state index in [0.717, 1.165) is 30.7 Å². The number of hydrogen-bond donors (Lipinski definition) is 2. The van der Waals surface area contributed by atoms with Crippen LogP contribution in [0.4, 0.5) is 0 Å². The van der Waals surface area contributed by atoms with Crippen molar-refractivity contribution in [2.24, 2.45) is 0 Å². The summed E-state index contributed by atoms with van der Waals surface area (Å²) < 4.78 is 0.932. The fourth-order valence-corrected chi connectivity index (χ4v) is 5.32. The molecule has 0 bridgehead atoms. The number of nitrogens with zero attached hydrogens (tertiary/aromatic N) is 1. The normalized spacial score (nSPS) is 12.0. The summed E-state index contributed by atoms with van der Waals surface area (Å²) in [5.41, 5.74) is 0. The molecule has 0 spiro atoms. The maximum atomic E-state index is 9.68. The monoisotopic (exact) mass is 470 g/mol. The SMILES string of the molecule is CCCCCCCCCCCCCC[N+](CCO)(CCO)CCCCCCCCCCCC. The molecule has 2 N–H and O–H groups in total. The van der Waals surface area contributed by atoms with Crippen LogP contribution < -0.4 is 0 Å². The summed E-state index contributed by atoms with van der Waals surface area (Å²) in [5.74, 6) is 0. The second-order valence-corrected chi connectivity index (χ2v) is 10.8. The van der Waals surface area contributed by atoms with Crippen molar-refractivity contribution >= 4 is 0 Å². The van der Waals surface area contributed by atoms with Gasteiger partial charge in [0.25, 0.3) is 0 Å². The van der Waals surface area contributed by atoms with Gasteiger partial charge in [-0.25, -0.2) is 0 Å². The summed E-state index contributed by atoms with van der Waals surface area (Å²) in [4.78, 5) is 0. The minimum absolute atomic E-state index is 0.246. The van der Waals surface area contributed by atoms with E-state index in [9.17, 15) is 10.2 Å². The van der Waals surface area contributed by atoms with Gasteiger partial charge in [0.1, 0.15) is 13.1 Å². The van der Waals surface area contributed by atoms with Gasteiger partial charge in [-0.2, -0.15) is 0 Å². The molecular formula is C30H64NO2+. The highest BCUT2D eigenvalue weighted by Crippen LogP contribution is 2.17. The molecule has 0 aliphatic carbocycles. The molecule has 200 valence electrons. The van der Waals surface area contributed by atoms with Crippen LogP contribution in [0.5, 0.6) is 0 Å². The Balaban J connectivity index is 3.87. The Labute approximate surface area is 209 Å². The first-order valence-electron chi connectivity index (χ1n) is 15.3. The van der Waals surface area contributed by atoms with Gasteiger partial charge in [-0.3, -0.25) is 0 Å². The summed E-state index contributed by atoms with van der Waals surface area (Å²) >= 11 is 0. The van der Waals surface area contributed by atoms with E-state index in [1.165, 1.54) is 141 Å². The van der Waals surface area contributed by atoms with Crippen molar-refractivity contribution < 1.29 is 14.7 Å². The van der Waals surface area contributed by atoms with Crippen molar-refractivity contribution in [2.75, 3.05) is 39.4 Å². The van der Waals surface area contributed by atoms with Crippen LogP contribution in [0.2, 0.25) is 0 Å². The zero-order chi connectivity index (χ0) is 24.3. The lowest BCUT2D eigenvalue weighted by Crippen LogP contribution is -2.52. The number of quaternary nitrogens is 1. The molecule has 0 aromatic rings. The molecule has 0 aromatic carbocycles. The second-order valence-electron chi connectivity index (χ2n) is 10.8. The molecular weight excluding hydrogens is 406 g/mol. The predicted octanol–water partition coefficient (Wildman–Crippen LogP) is 8.41. The van der Waals surface area contributed by atoms with Crippen LogP contribution in [0.1, 0.15) is 155 Å². The largest absolute Gasteiger partial charge is 0.391 e. The summed E-state index contributed by atoms with van der Waals surface area (Å²) in [6, 6.07) is 0. The first-order chi connectivity index (χ1) is 16.2. The molecule has 0 aliphatic heterocycles. The zero-order valence-corrected chi connectivity index (χ0v) is 23.1. The molecule has 0 saturated carbocycles. The minimum Gasteiger partial charge on any atom is -0.391 e. The van der Waals surface area contributed by atoms with Crippen LogP contribution >= 0.6 is 0 Å². The molecule has 0 aliphatic rings. The molecule has 0 aromatic heterocycles. The highest BCUT2D eigenvalue weighted by molar-refractivity contribution is 4.53. The van der Waals surface area contributed by atoms with Crippen LogP contribution in [-0.2, 0) is 0 Å². The molecule has 0 unspecified atom stereocenters. The average Bonchev–Trinajstić information content (AvgIpc) is 2.81. The van der Waals surface area contributed by atoms with E-state index < -0.39 is 0 Å². The maximum absolute atomic E-state index is 9.68. The van der Waals surface area contributed by atoms with Gasteiger partial charge in [-0.15, -0.1) is 0 Å². The van der Waals surface area contributed by atoms with Gasteiger partial charge in [-0.1, -0.05) is 129 Å². The number of aliphatic hydroxyl groups excluding tert-OH is 2. The van der Waals surface area contributed by atoms with Crippen LogP contribution in [0, 0.1) is 0 Å². The lowest BCUT2D eigenvalue weighted by Gasteiger charge is -2.38. The third-order valence-electron chi connectivity index (χ3n) is 7.62. The topological polar surface area (TPSA) is 40.5 Å². The number of unbranched alkanes of at least 4 members (excludes halogenated alkanes) is 20. The quantitative estimate of drug-likeness (QED) is 0.0889. The van der Waals surface area contributed by atoms with Crippen LogP contribution in [-0.4, -0.2) is 54.1 Å². The Morgan fingerprint density at radius 3 is 0.818 bits per heavy atom. The zero-order valence-electron chi connectivity index (χ0n) is 23.1. The number of hydrogen-bond acceptors (Lipinski definition) is 2. The fourth-order valence-electron chi connectivity index (χ4n) is 5.32. The number of rotatable bonds is 28. The molecule has 0 rings (SSSR count). The van der Waals surface area contributed by atoms with Gasteiger partial charge in [0.2, 0.25) is 0 Å². The Kier molecular flexibility index (Phi) is 26.4. The summed E-state index contributed by atoms with van der Waals surface area (Å²) in [6.07, 6.45) is 30.2. The van der Waals surface area contributed by atoms with E-state index in [4.69, 9.17) is 0 Å². The molecule has 0 saturated heterocycles. The van der Waals surface area contributed by atoms with Crippen LogP contribution in [0.3, 0.4) is 0 Å². The molecule has 0 amide bonds. The van der Waals surface area contributed by atoms with Gasteiger partial charge in [0.05, 0.1) is 26.3 Å². The van der Waals surface area contributed by atoms with Crippen LogP contribution in [0.25, 0.3) is 0 Å². The highest BCUT2D eigenvalue weighted by atomic mass is 16.3. The van der Waals surface area contributed by atoms with Crippen molar-refractivity contribution in [3.8, 4) is 0 Å². The van der Waals surface area contributed by atoms with E-state index in [2.05, 4.69) is 13.8 Å². The van der Waals surface area contributed by atoms with Gasteiger partial charge < -0.3 is 14.7 Å². The van der Waals surface area contributed by atoms with Crippen molar-refractivity contribution in [3.63, 3.8) is 0 Å². The van der Waals surface area contributed by atoms with E-state index in [1.54, 1.807) is 0 Å². The van der Waals surface area contributed by atoms with E-state index in [0.29, 0.717) is 0 Å². The van der Waals surface area contributed by atoms with Crippen molar-refractivity contribution in [3.05, 3.63) is 0 Å². The summed E-state index contributed by atoms with van der Waals surface area (Å²) in [6.45, 7) is 8.96. The van der Waals surface area contributed by atoms with Crippen molar-refractivity contribution in [1.82, 2.24) is 0 Å². The number of aliphatic hydroxyl groups is 2. The molecule has 0 heterocycles. The van der Waals surface area contributed by atoms with E-state index in [-0.39, 0.29) is 13.2 Å². The molecule has 0 atom stereocenters. The van der Waals surface area contributed by atoms with Gasteiger partial charge in [-0.05, 0) is 25.7 Å². The Morgan fingerprint density at radius 2 is 0.576 bits per heavy atom. The third-order valence-corrected chi connectivity index (χ3v) is 7.62. The highest BCUT2D eigenvalue weighted by Gasteiger charge is 2.25. The molecule has 3 heteroatoms. The molecule has 33 heavy (non-hydrogen) atoms. The van der Waals surface area contributed by atoms with Gasteiger partial charge in [0.15, 0.2) is 0 Å². The van der Waals surface area contributed by atoms with Crippen molar-refractivity contribution in [2.45, 2.75) is 155 Å². The van der Waals surface area contributed by atoms with E-state index >= 15 is 0 Å². The maximum Gasteiger partial charge on any atom is 0.102 e. The summed E-state index contributed by atoms with van der Waals surface area (Å²) in [7, 11) is 0. The third kappa shape index (κ3) is 22.1. The molecule has 3 nitrogen and oxygen atoms in total. The standard InChI is InChI=1S/C30H64NO2/c1-3-5-7-9-11-13-15-16-18-20-22-24-26-31(27-29-32,28-30-33)25-23-21-19-17-14-12-10-8-6-4-2/h32-33H,3-30H2,1-2H3/q+1. The molecule has 0 radical (unpaired) electrons. The average molecular weight is 471 g/mol. The summed E-state index contributed by atoms with van der Waals surface area (Å²) in [5, 5.41) is 19.4. The smallest absolute Gasteiger partial charge is 0.102 e. The lowest BCUT2D eigenvalue weighted by atomic mass is 10.0. The molecule has 0 fully saturated rings. The lowest BCUT2D eigenvalue weighted by molar-refractivity contribution is -0.929. The first-order valence-corrected chi connectivity index (χ1v) is 15.3. The Hall–Kier alpha value is -0.120.